The Bertz CT molecular complexity index is 879. The Hall–Kier alpha value is -3.12. The summed E-state index contributed by atoms with van der Waals surface area (Å²) < 4.78 is 5.88. The first-order valence-electron chi connectivity index (χ1n) is 8.54. The van der Waals surface area contributed by atoms with Crippen molar-refractivity contribution in [2.24, 2.45) is 0 Å². The summed E-state index contributed by atoms with van der Waals surface area (Å²) in [5.74, 6) is 0.221. The molecule has 0 saturated heterocycles. The molecule has 0 aliphatic rings. The number of hydrogen-bond acceptors (Lipinski definition) is 4. The molecule has 1 heterocycles. The van der Waals surface area contributed by atoms with Gasteiger partial charge in [-0.2, -0.15) is 11.3 Å². The largest absolute Gasteiger partial charge is 0.489 e. The molecule has 1 aromatic heterocycles. The predicted octanol–water partition coefficient (Wildman–Crippen LogP) is 3.37. The zero-order chi connectivity index (χ0) is 18.9. The van der Waals surface area contributed by atoms with Crippen molar-refractivity contribution >= 4 is 23.2 Å². The number of nitrogens with one attached hydrogen (secondary N) is 2. The minimum atomic E-state index is -0.253. The van der Waals surface area contributed by atoms with Gasteiger partial charge in [-0.25, -0.2) is 0 Å². The van der Waals surface area contributed by atoms with E-state index >= 15 is 0 Å². The van der Waals surface area contributed by atoms with E-state index in [1.165, 1.54) is 11.3 Å². The second-order valence-corrected chi connectivity index (χ2v) is 6.63. The molecule has 6 heteroatoms. The van der Waals surface area contributed by atoms with Crippen molar-refractivity contribution in [1.82, 2.24) is 10.6 Å². The third kappa shape index (κ3) is 5.69. The van der Waals surface area contributed by atoms with Crippen LogP contribution in [0.4, 0.5) is 0 Å². The van der Waals surface area contributed by atoms with E-state index in [0.29, 0.717) is 18.7 Å². The summed E-state index contributed by atoms with van der Waals surface area (Å²) in [5, 5.41) is 8.98. The average molecular weight is 380 g/mol. The minimum Gasteiger partial charge on any atom is -0.489 e. The smallest absolute Gasteiger partial charge is 0.252 e. The molecule has 0 radical (unpaired) electrons. The lowest BCUT2D eigenvalue weighted by Crippen LogP contribution is -2.36. The molecule has 2 amide bonds. The normalized spacial score (nSPS) is 10.2. The van der Waals surface area contributed by atoms with Crippen LogP contribution in [0, 0.1) is 0 Å². The maximum Gasteiger partial charge on any atom is 0.252 e. The molecule has 0 saturated carbocycles. The number of benzene rings is 2. The molecule has 138 valence electrons. The van der Waals surface area contributed by atoms with Gasteiger partial charge in [-0.15, -0.1) is 0 Å². The second kappa shape index (κ2) is 9.54. The van der Waals surface area contributed by atoms with Gasteiger partial charge in [0.2, 0.25) is 5.91 Å². The third-order valence-corrected chi connectivity index (χ3v) is 4.56. The van der Waals surface area contributed by atoms with Gasteiger partial charge < -0.3 is 15.4 Å². The molecule has 3 aromatic rings. The van der Waals surface area contributed by atoms with Crippen LogP contribution in [0.3, 0.4) is 0 Å². The van der Waals surface area contributed by atoms with E-state index < -0.39 is 0 Å². The van der Waals surface area contributed by atoms with Crippen molar-refractivity contribution < 1.29 is 14.3 Å². The highest BCUT2D eigenvalue weighted by Gasteiger charge is 2.09. The monoisotopic (exact) mass is 380 g/mol. The lowest BCUT2D eigenvalue weighted by Gasteiger charge is -2.12. The molecule has 0 fully saturated rings. The Morgan fingerprint density at radius 3 is 2.48 bits per heavy atom. The first kappa shape index (κ1) is 18.7. The van der Waals surface area contributed by atoms with Gasteiger partial charge in [-0.3, -0.25) is 9.59 Å². The average Bonchev–Trinajstić information content (AvgIpc) is 3.25. The molecule has 3 rings (SSSR count). The maximum absolute atomic E-state index is 12.0. The van der Waals surface area contributed by atoms with E-state index in [1.807, 2.05) is 60.0 Å². The van der Waals surface area contributed by atoms with Crippen LogP contribution in [0.15, 0.2) is 71.4 Å². The van der Waals surface area contributed by atoms with E-state index in [1.54, 1.807) is 11.4 Å². The fourth-order valence-electron chi connectivity index (χ4n) is 2.44. The van der Waals surface area contributed by atoms with Gasteiger partial charge in [0, 0.05) is 23.1 Å². The number of hydrogen-bond donors (Lipinski definition) is 2. The Morgan fingerprint density at radius 2 is 1.70 bits per heavy atom. The van der Waals surface area contributed by atoms with Crippen molar-refractivity contribution in [3.63, 3.8) is 0 Å². The molecule has 0 bridgehead atoms. The number of carbonyl (C=O) groups excluding carboxylic acids is 2. The van der Waals surface area contributed by atoms with Crippen molar-refractivity contribution in [2.75, 3.05) is 6.54 Å². The number of thiophene rings is 1. The Labute approximate surface area is 162 Å². The summed E-state index contributed by atoms with van der Waals surface area (Å²) in [5.41, 5.74) is 2.52. The van der Waals surface area contributed by atoms with Crippen LogP contribution in [-0.2, 0) is 17.9 Å². The van der Waals surface area contributed by atoms with Crippen LogP contribution >= 0.6 is 11.3 Å². The fraction of sp³-hybridized carbons (Fsp3) is 0.143. The Kier molecular flexibility index (Phi) is 6.60. The van der Waals surface area contributed by atoms with E-state index in [0.717, 1.165) is 16.9 Å². The minimum absolute atomic E-state index is 0.0677. The number of rotatable bonds is 8. The molecule has 0 spiro atoms. The second-order valence-electron chi connectivity index (χ2n) is 5.85. The maximum atomic E-state index is 12.0. The van der Waals surface area contributed by atoms with Gasteiger partial charge in [0.25, 0.3) is 5.91 Å². The number of para-hydroxylation sites is 1. The first-order valence-corrected chi connectivity index (χ1v) is 9.48. The van der Waals surface area contributed by atoms with Crippen molar-refractivity contribution in [3.05, 3.63) is 88.1 Å². The van der Waals surface area contributed by atoms with Crippen LogP contribution in [0.1, 0.15) is 21.5 Å². The van der Waals surface area contributed by atoms with Crippen molar-refractivity contribution in [3.8, 4) is 5.75 Å². The van der Waals surface area contributed by atoms with Crippen molar-refractivity contribution in [1.29, 1.82) is 0 Å². The molecule has 0 aliphatic carbocycles. The summed E-state index contributed by atoms with van der Waals surface area (Å²) >= 11 is 1.44. The van der Waals surface area contributed by atoms with Crippen LogP contribution in [-0.4, -0.2) is 18.4 Å². The van der Waals surface area contributed by atoms with Gasteiger partial charge in [-0.05, 0) is 23.1 Å². The zero-order valence-corrected chi connectivity index (χ0v) is 15.5. The summed E-state index contributed by atoms with van der Waals surface area (Å²) in [6.07, 6.45) is 0. The van der Waals surface area contributed by atoms with Gasteiger partial charge in [0.1, 0.15) is 12.4 Å². The Balaban J connectivity index is 1.48. The van der Waals surface area contributed by atoms with Gasteiger partial charge >= 0.3 is 0 Å². The van der Waals surface area contributed by atoms with E-state index in [2.05, 4.69) is 10.6 Å². The molecule has 2 N–H and O–H groups in total. The molecular formula is C21H20N2O3S. The predicted molar refractivity (Wildman–Crippen MR) is 106 cm³/mol. The first-order chi connectivity index (χ1) is 13.2. The number of ether oxygens (including phenoxy) is 1. The van der Waals surface area contributed by atoms with Crippen LogP contribution < -0.4 is 15.4 Å². The van der Waals surface area contributed by atoms with Crippen LogP contribution in [0.5, 0.6) is 5.75 Å². The van der Waals surface area contributed by atoms with E-state index in [-0.39, 0.29) is 18.4 Å². The fourth-order valence-corrected chi connectivity index (χ4v) is 3.07. The molecule has 27 heavy (non-hydrogen) atoms. The molecule has 2 aromatic carbocycles. The summed E-state index contributed by atoms with van der Waals surface area (Å²) in [4.78, 5) is 23.9. The standard InChI is InChI=1S/C21H20N2O3S/c24-20(13-23-21(25)18-10-11-27-15-18)22-12-17-8-4-5-9-19(17)26-14-16-6-2-1-3-7-16/h1-11,15H,12-14H2,(H,22,24)(H,23,25). The van der Waals surface area contributed by atoms with E-state index in [4.69, 9.17) is 4.74 Å². The van der Waals surface area contributed by atoms with Gasteiger partial charge in [0.15, 0.2) is 0 Å². The number of amides is 2. The summed E-state index contributed by atoms with van der Waals surface area (Å²) in [6.45, 7) is 0.725. The SMILES string of the molecule is O=C(CNC(=O)c1ccsc1)NCc1ccccc1OCc1ccccc1. The van der Waals surface area contributed by atoms with Crippen molar-refractivity contribution in [2.45, 2.75) is 13.2 Å². The third-order valence-electron chi connectivity index (χ3n) is 3.88. The topological polar surface area (TPSA) is 67.4 Å². The summed E-state index contributed by atoms with van der Waals surface area (Å²) in [6, 6.07) is 19.2. The van der Waals surface area contributed by atoms with Gasteiger partial charge in [-0.1, -0.05) is 48.5 Å². The molecule has 5 nitrogen and oxygen atoms in total. The Morgan fingerprint density at radius 1 is 0.926 bits per heavy atom. The lowest BCUT2D eigenvalue weighted by atomic mass is 10.2. The highest BCUT2D eigenvalue weighted by molar-refractivity contribution is 7.08. The number of carbonyl (C=O) groups is 2. The summed E-state index contributed by atoms with van der Waals surface area (Å²) in [7, 11) is 0. The highest BCUT2D eigenvalue weighted by Crippen LogP contribution is 2.19. The highest BCUT2D eigenvalue weighted by atomic mass is 32.1. The lowest BCUT2D eigenvalue weighted by molar-refractivity contribution is -0.120. The molecule has 0 atom stereocenters. The zero-order valence-electron chi connectivity index (χ0n) is 14.7. The van der Waals surface area contributed by atoms with Crippen LogP contribution in [0.2, 0.25) is 0 Å². The quantitative estimate of drug-likeness (QED) is 0.630. The molecule has 0 aliphatic heterocycles. The van der Waals surface area contributed by atoms with E-state index in [9.17, 15) is 9.59 Å². The van der Waals surface area contributed by atoms with Gasteiger partial charge in [0.05, 0.1) is 6.54 Å². The molecule has 0 unspecified atom stereocenters. The molecular weight excluding hydrogens is 360 g/mol. The van der Waals surface area contributed by atoms with Crippen LogP contribution in [0.25, 0.3) is 0 Å².